The Balaban J connectivity index is 1.56. The molecule has 4 heteroatoms. The van der Waals surface area contributed by atoms with Crippen LogP contribution in [0.4, 0.5) is 0 Å². The summed E-state index contributed by atoms with van der Waals surface area (Å²) in [6.07, 6.45) is 10.3. The highest BCUT2D eigenvalue weighted by Crippen LogP contribution is 2.49. The minimum absolute atomic E-state index is 0.561. The number of nitrogens with zero attached hydrogens (tertiary/aromatic N) is 3. The van der Waals surface area contributed by atoms with Gasteiger partial charge in [0, 0.05) is 25.7 Å². The maximum Gasteiger partial charge on any atom is 0.0842 e. The van der Waals surface area contributed by atoms with Gasteiger partial charge in [-0.05, 0) is 50.5 Å². The summed E-state index contributed by atoms with van der Waals surface area (Å²) in [7, 11) is 4.01. The molecule has 18 heavy (non-hydrogen) atoms. The van der Waals surface area contributed by atoms with Crippen LogP contribution in [0.25, 0.3) is 0 Å². The molecule has 100 valence electrons. The van der Waals surface area contributed by atoms with Crippen molar-refractivity contribution in [2.45, 2.75) is 44.6 Å². The highest BCUT2D eigenvalue weighted by Gasteiger charge is 2.39. The first-order chi connectivity index (χ1) is 8.74. The van der Waals surface area contributed by atoms with Crippen LogP contribution in [-0.4, -0.2) is 28.1 Å². The molecule has 0 amide bonds. The van der Waals surface area contributed by atoms with E-state index in [0.29, 0.717) is 6.04 Å². The van der Waals surface area contributed by atoms with E-state index in [2.05, 4.69) is 22.7 Å². The van der Waals surface area contributed by atoms with Crippen LogP contribution in [0.15, 0.2) is 6.20 Å². The number of nitrogens with one attached hydrogen (secondary N) is 1. The van der Waals surface area contributed by atoms with E-state index in [1.165, 1.54) is 32.1 Å². The predicted octanol–water partition coefficient (Wildman–Crippen LogP) is 1.77. The van der Waals surface area contributed by atoms with Gasteiger partial charge in [0.2, 0.25) is 0 Å². The average molecular weight is 248 g/mol. The van der Waals surface area contributed by atoms with E-state index in [0.717, 1.165) is 29.9 Å². The molecular formula is C14H24N4. The van der Waals surface area contributed by atoms with Gasteiger partial charge in [0.05, 0.1) is 5.69 Å². The van der Waals surface area contributed by atoms with Crippen molar-refractivity contribution in [2.75, 3.05) is 7.05 Å². The Labute approximate surface area is 109 Å². The van der Waals surface area contributed by atoms with Crippen LogP contribution in [0, 0.1) is 17.8 Å². The van der Waals surface area contributed by atoms with Gasteiger partial charge < -0.3 is 5.32 Å². The predicted molar refractivity (Wildman–Crippen MR) is 71.1 cm³/mol. The largest absolute Gasteiger partial charge is 0.317 e. The zero-order chi connectivity index (χ0) is 12.5. The molecule has 4 unspecified atom stereocenters. The van der Waals surface area contributed by atoms with Crippen molar-refractivity contribution in [2.24, 2.45) is 24.8 Å². The van der Waals surface area contributed by atoms with Gasteiger partial charge in [-0.3, -0.25) is 4.68 Å². The molecule has 4 nitrogen and oxygen atoms in total. The van der Waals surface area contributed by atoms with Gasteiger partial charge in [-0.2, -0.15) is 0 Å². The lowest BCUT2D eigenvalue weighted by Crippen LogP contribution is -2.31. The van der Waals surface area contributed by atoms with Crippen molar-refractivity contribution < 1.29 is 0 Å². The molecule has 0 spiro atoms. The van der Waals surface area contributed by atoms with Crippen LogP contribution >= 0.6 is 0 Å². The number of likely N-dealkylation sites (N-methyl/N-ethyl adjacent to an activating group) is 1. The topological polar surface area (TPSA) is 42.7 Å². The quantitative estimate of drug-likeness (QED) is 0.863. The SMILES string of the molecule is CNC(Cc1cn(C)nn1)CC1CC2CCC1C2. The molecule has 0 aliphatic heterocycles. The number of aryl methyl sites for hydroxylation is 1. The summed E-state index contributed by atoms with van der Waals surface area (Å²) in [5, 5.41) is 11.7. The summed E-state index contributed by atoms with van der Waals surface area (Å²) in [5.41, 5.74) is 1.11. The van der Waals surface area contributed by atoms with Crippen molar-refractivity contribution in [3.8, 4) is 0 Å². The number of fused-ring (bicyclic) bond motifs is 2. The summed E-state index contributed by atoms with van der Waals surface area (Å²) < 4.78 is 1.79. The minimum Gasteiger partial charge on any atom is -0.317 e. The fraction of sp³-hybridized carbons (Fsp3) is 0.857. The third kappa shape index (κ3) is 2.44. The Morgan fingerprint density at radius 1 is 1.44 bits per heavy atom. The van der Waals surface area contributed by atoms with Crippen LogP contribution in [0.3, 0.4) is 0 Å². The van der Waals surface area contributed by atoms with Crippen molar-refractivity contribution in [1.29, 1.82) is 0 Å². The van der Waals surface area contributed by atoms with Crippen LogP contribution in [0.2, 0.25) is 0 Å². The standard InChI is InChI=1S/C14H24N4/c1-15-13(8-14-9-18(2)17-16-14)7-12-6-10-3-4-11(12)5-10/h9-13,15H,3-8H2,1-2H3. The van der Waals surface area contributed by atoms with E-state index in [4.69, 9.17) is 0 Å². The molecular weight excluding hydrogens is 224 g/mol. The van der Waals surface area contributed by atoms with Crippen LogP contribution < -0.4 is 5.32 Å². The van der Waals surface area contributed by atoms with Gasteiger partial charge in [-0.15, -0.1) is 5.10 Å². The molecule has 1 aromatic rings. The molecule has 2 bridgehead atoms. The monoisotopic (exact) mass is 248 g/mol. The summed E-state index contributed by atoms with van der Waals surface area (Å²) in [5.74, 6) is 3.03. The Kier molecular flexibility index (Phi) is 3.37. The van der Waals surface area contributed by atoms with Crippen LogP contribution in [0.1, 0.15) is 37.8 Å². The van der Waals surface area contributed by atoms with Crippen LogP contribution in [0.5, 0.6) is 0 Å². The second-order valence-electron chi connectivity index (χ2n) is 6.24. The lowest BCUT2D eigenvalue weighted by molar-refractivity contribution is 0.281. The third-order valence-electron chi connectivity index (χ3n) is 4.99. The minimum atomic E-state index is 0.561. The summed E-state index contributed by atoms with van der Waals surface area (Å²) >= 11 is 0. The summed E-state index contributed by atoms with van der Waals surface area (Å²) in [6, 6.07) is 0.561. The Morgan fingerprint density at radius 2 is 2.33 bits per heavy atom. The van der Waals surface area contributed by atoms with E-state index in [9.17, 15) is 0 Å². The molecule has 0 saturated heterocycles. The number of hydrogen-bond donors (Lipinski definition) is 1. The molecule has 3 rings (SSSR count). The fourth-order valence-corrected chi connectivity index (χ4v) is 4.08. The lowest BCUT2D eigenvalue weighted by Gasteiger charge is -2.26. The molecule has 2 aliphatic rings. The molecule has 0 aromatic carbocycles. The van der Waals surface area contributed by atoms with Gasteiger partial charge in [0.1, 0.15) is 0 Å². The maximum atomic E-state index is 4.20. The van der Waals surface area contributed by atoms with E-state index in [1.807, 2.05) is 13.2 Å². The Bertz CT molecular complexity index is 400. The van der Waals surface area contributed by atoms with Gasteiger partial charge in [-0.25, -0.2) is 0 Å². The van der Waals surface area contributed by atoms with E-state index in [1.54, 1.807) is 4.68 Å². The van der Waals surface area contributed by atoms with Crippen LogP contribution in [-0.2, 0) is 13.5 Å². The highest BCUT2D eigenvalue weighted by atomic mass is 15.4. The van der Waals surface area contributed by atoms with Gasteiger partial charge in [0.15, 0.2) is 0 Å². The highest BCUT2D eigenvalue weighted by molar-refractivity contribution is 4.98. The molecule has 1 N–H and O–H groups in total. The van der Waals surface area contributed by atoms with E-state index >= 15 is 0 Å². The Hall–Kier alpha value is -0.900. The molecule has 1 heterocycles. The third-order valence-corrected chi connectivity index (χ3v) is 4.99. The fourth-order valence-electron chi connectivity index (χ4n) is 4.08. The Morgan fingerprint density at radius 3 is 2.89 bits per heavy atom. The summed E-state index contributed by atoms with van der Waals surface area (Å²) in [6.45, 7) is 0. The van der Waals surface area contributed by atoms with E-state index in [-0.39, 0.29) is 0 Å². The first kappa shape index (κ1) is 12.2. The lowest BCUT2D eigenvalue weighted by atomic mass is 9.83. The van der Waals surface area contributed by atoms with Crippen molar-refractivity contribution in [1.82, 2.24) is 20.3 Å². The second-order valence-corrected chi connectivity index (χ2v) is 6.24. The number of aromatic nitrogens is 3. The zero-order valence-corrected chi connectivity index (χ0v) is 11.5. The zero-order valence-electron chi connectivity index (χ0n) is 11.5. The number of hydrogen-bond acceptors (Lipinski definition) is 3. The smallest absolute Gasteiger partial charge is 0.0842 e. The number of rotatable bonds is 5. The van der Waals surface area contributed by atoms with Gasteiger partial charge in [0.25, 0.3) is 0 Å². The summed E-state index contributed by atoms with van der Waals surface area (Å²) in [4.78, 5) is 0. The van der Waals surface area contributed by atoms with Crippen molar-refractivity contribution >= 4 is 0 Å². The molecule has 2 aliphatic carbocycles. The van der Waals surface area contributed by atoms with Gasteiger partial charge in [-0.1, -0.05) is 11.6 Å². The second kappa shape index (κ2) is 5.00. The molecule has 2 fully saturated rings. The van der Waals surface area contributed by atoms with Gasteiger partial charge >= 0.3 is 0 Å². The van der Waals surface area contributed by atoms with Crippen molar-refractivity contribution in [3.05, 3.63) is 11.9 Å². The average Bonchev–Trinajstić information content (AvgIpc) is 3.05. The molecule has 2 saturated carbocycles. The first-order valence-electron chi connectivity index (χ1n) is 7.27. The maximum absolute atomic E-state index is 4.20. The molecule has 1 aromatic heterocycles. The molecule has 0 radical (unpaired) electrons. The van der Waals surface area contributed by atoms with Crippen molar-refractivity contribution in [3.63, 3.8) is 0 Å². The molecule has 4 atom stereocenters. The van der Waals surface area contributed by atoms with E-state index < -0.39 is 0 Å². The normalized spacial score (nSPS) is 32.0. The first-order valence-corrected chi connectivity index (χ1v) is 7.27.